The number of benzene rings is 3. The van der Waals surface area contributed by atoms with Crippen molar-refractivity contribution in [3.8, 4) is 11.8 Å². The Bertz CT molecular complexity index is 1080. The summed E-state index contributed by atoms with van der Waals surface area (Å²) in [4.78, 5) is 5.74. The van der Waals surface area contributed by atoms with Gasteiger partial charge in [0.2, 0.25) is 0 Å². The van der Waals surface area contributed by atoms with E-state index in [1.165, 1.54) is 21.9 Å². The molecule has 0 fully saturated rings. The average molecular weight is 355 g/mol. The first-order chi connectivity index (χ1) is 12.9. The van der Waals surface area contributed by atoms with Crippen molar-refractivity contribution in [2.24, 2.45) is 0 Å². The summed E-state index contributed by atoms with van der Waals surface area (Å²) in [5, 5.41) is 4.49. The first-order valence-corrected chi connectivity index (χ1v) is 9.35. The maximum Gasteiger partial charge on any atom is 0.0668 e. The van der Waals surface area contributed by atoms with Crippen LogP contribution in [0.3, 0.4) is 0 Å². The molecule has 3 aromatic rings. The number of hydroxylamine groups is 2. The zero-order valence-corrected chi connectivity index (χ0v) is 16.6. The first kappa shape index (κ1) is 17.8. The summed E-state index contributed by atoms with van der Waals surface area (Å²) >= 11 is 0. The van der Waals surface area contributed by atoms with Gasteiger partial charge in [-0.05, 0) is 67.8 Å². The van der Waals surface area contributed by atoms with Crippen LogP contribution in [0.25, 0.3) is 10.8 Å². The van der Waals surface area contributed by atoms with Crippen molar-refractivity contribution in [3.05, 3.63) is 82.9 Å². The number of nitrogens with zero attached hydrogens (tertiary/aromatic N) is 1. The van der Waals surface area contributed by atoms with Crippen molar-refractivity contribution in [1.82, 2.24) is 5.06 Å². The van der Waals surface area contributed by atoms with Gasteiger partial charge in [0, 0.05) is 11.1 Å². The Morgan fingerprint density at radius 2 is 1.48 bits per heavy atom. The molecule has 2 nitrogen and oxygen atoms in total. The maximum absolute atomic E-state index is 5.74. The van der Waals surface area contributed by atoms with Crippen LogP contribution in [0.4, 0.5) is 0 Å². The Kier molecular flexibility index (Phi) is 4.11. The molecule has 0 saturated heterocycles. The normalized spacial score (nSPS) is 17.4. The van der Waals surface area contributed by atoms with Gasteiger partial charge < -0.3 is 4.84 Å². The predicted molar refractivity (Wildman–Crippen MR) is 111 cm³/mol. The van der Waals surface area contributed by atoms with Crippen LogP contribution in [0.2, 0.25) is 0 Å². The minimum Gasteiger partial charge on any atom is -0.301 e. The Balaban J connectivity index is 1.78. The molecule has 2 heteroatoms. The molecule has 1 aliphatic rings. The Labute approximate surface area is 161 Å². The second-order valence-electron chi connectivity index (χ2n) is 8.13. The Morgan fingerprint density at radius 3 is 2.26 bits per heavy atom. The lowest BCUT2D eigenvalue weighted by molar-refractivity contribution is -0.241. The summed E-state index contributed by atoms with van der Waals surface area (Å²) < 4.78 is 0. The fraction of sp³-hybridized carbons (Fsp3) is 0.280. The van der Waals surface area contributed by atoms with Gasteiger partial charge in [-0.25, -0.2) is 0 Å². The summed E-state index contributed by atoms with van der Waals surface area (Å²) in [6, 6.07) is 21.2. The minimum atomic E-state index is -0.204. The molecule has 0 saturated carbocycles. The van der Waals surface area contributed by atoms with Gasteiger partial charge in [-0.1, -0.05) is 54.3 Å². The van der Waals surface area contributed by atoms with Crippen LogP contribution in [-0.4, -0.2) is 12.2 Å². The monoisotopic (exact) mass is 355 g/mol. The lowest BCUT2D eigenvalue weighted by Gasteiger charge is -2.38. The lowest BCUT2D eigenvalue weighted by Crippen LogP contribution is -2.44. The topological polar surface area (TPSA) is 12.5 Å². The summed E-state index contributed by atoms with van der Waals surface area (Å²) in [5.41, 5.74) is 4.29. The van der Waals surface area contributed by atoms with Gasteiger partial charge in [-0.3, -0.25) is 0 Å². The van der Waals surface area contributed by atoms with Crippen molar-refractivity contribution in [2.45, 2.75) is 38.8 Å². The average Bonchev–Trinajstić information content (AvgIpc) is 2.81. The van der Waals surface area contributed by atoms with E-state index in [-0.39, 0.29) is 11.1 Å². The third kappa shape index (κ3) is 2.75. The smallest absolute Gasteiger partial charge is 0.0668 e. The molecule has 0 spiro atoms. The van der Waals surface area contributed by atoms with Crippen molar-refractivity contribution in [2.75, 3.05) is 7.11 Å². The molecular formula is C25H25NO. The maximum atomic E-state index is 5.74. The zero-order chi connectivity index (χ0) is 19.2. The van der Waals surface area contributed by atoms with Gasteiger partial charge >= 0.3 is 0 Å². The van der Waals surface area contributed by atoms with Crippen LogP contribution in [0.15, 0.2) is 60.7 Å². The van der Waals surface area contributed by atoms with Crippen molar-refractivity contribution >= 4 is 10.8 Å². The molecule has 0 radical (unpaired) electrons. The molecular weight excluding hydrogens is 330 g/mol. The molecule has 136 valence electrons. The molecule has 0 aromatic heterocycles. The highest BCUT2D eigenvalue weighted by Gasteiger charge is 2.49. The number of hydrogen-bond acceptors (Lipinski definition) is 2. The van der Waals surface area contributed by atoms with Crippen LogP contribution < -0.4 is 0 Å². The second kappa shape index (κ2) is 6.23. The van der Waals surface area contributed by atoms with Crippen LogP contribution >= 0.6 is 0 Å². The third-order valence-electron chi connectivity index (χ3n) is 5.67. The molecule has 1 heterocycles. The first-order valence-electron chi connectivity index (χ1n) is 9.35. The number of hydrogen-bond donors (Lipinski definition) is 0. The van der Waals surface area contributed by atoms with Gasteiger partial charge in [-0.2, -0.15) is 5.06 Å². The molecule has 0 unspecified atom stereocenters. The molecule has 4 rings (SSSR count). The van der Waals surface area contributed by atoms with Crippen LogP contribution in [0.5, 0.6) is 0 Å². The molecule has 0 bridgehead atoms. The molecule has 0 N–H and O–H groups in total. The zero-order valence-electron chi connectivity index (χ0n) is 16.6. The summed E-state index contributed by atoms with van der Waals surface area (Å²) in [6.45, 7) is 8.80. The van der Waals surface area contributed by atoms with E-state index in [9.17, 15) is 0 Å². The van der Waals surface area contributed by atoms with Crippen molar-refractivity contribution in [3.63, 3.8) is 0 Å². The lowest BCUT2D eigenvalue weighted by atomic mass is 9.89. The number of fused-ring (bicyclic) bond motifs is 2. The fourth-order valence-electron chi connectivity index (χ4n) is 4.51. The quantitative estimate of drug-likeness (QED) is 0.528. The van der Waals surface area contributed by atoms with E-state index < -0.39 is 0 Å². The van der Waals surface area contributed by atoms with Crippen molar-refractivity contribution in [1.29, 1.82) is 0 Å². The summed E-state index contributed by atoms with van der Waals surface area (Å²) in [7, 11) is 1.75. The predicted octanol–water partition coefficient (Wildman–Crippen LogP) is 5.59. The third-order valence-corrected chi connectivity index (χ3v) is 5.67. The molecule has 3 aromatic carbocycles. The van der Waals surface area contributed by atoms with Gasteiger partial charge in [0.05, 0.1) is 18.2 Å². The fourth-order valence-corrected chi connectivity index (χ4v) is 4.51. The van der Waals surface area contributed by atoms with Crippen LogP contribution in [0.1, 0.15) is 49.9 Å². The molecule has 0 atom stereocenters. The van der Waals surface area contributed by atoms with Gasteiger partial charge in [0.25, 0.3) is 0 Å². The van der Waals surface area contributed by atoms with Crippen LogP contribution in [0, 0.1) is 11.8 Å². The van der Waals surface area contributed by atoms with Gasteiger partial charge in [0.15, 0.2) is 0 Å². The summed E-state index contributed by atoms with van der Waals surface area (Å²) in [6.07, 6.45) is 0. The number of rotatable bonds is 1. The largest absolute Gasteiger partial charge is 0.301 e. The highest BCUT2D eigenvalue weighted by Crippen LogP contribution is 2.49. The standard InChI is InChI=1S/C25H25NO/c1-24(2)22-16-14-18(17-23(22)25(3,4)26(24)27-5)13-15-20-11-8-10-19-9-6-7-12-21(19)20/h6-12,14,16-17H,1-5H3. The van der Waals surface area contributed by atoms with Crippen molar-refractivity contribution < 1.29 is 4.84 Å². The second-order valence-corrected chi connectivity index (χ2v) is 8.13. The molecule has 1 aliphatic heterocycles. The van der Waals surface area contributed by atoms with E-state index in [1.807, 2.05) is 0 Å². The highest BCUT2D eigenvalue weighted by molar-refractivity contribution is 5.88. The summed E-state index contributed by atoms with van der Waals surface area (Å²) in [5.74, 6) is 6.74. The van der Waals surface area contributed by atoms with Crippen LogP contribution in [-0.2, 0) is 15.9 Å². The molecule has 0 amide bonds. The van der Waals surface area contributed by atoms with Gasteiger partial charge in [0.1, 0.15) is 0 Å². The Morgan fingerprint density at radius 1 is 0.778 bits per heavy atom. The molecule has 27 heavy (non-hydrogen) atoms. The molecule has 0 aliphatic carbocycles. The van der Waals surface area contributed by atoms with E-state index >= 15 is 0 Å². The highest BCUT2D eigenvalue weighted by atomic mass is 16.7. The van der Waals surface area contributed by atoms with E-state index in [4.69, 9.17) is 4.84 Å². The van der Waals surface area contributed by atoms with E-state index in [1.54, 1.807) is 7.11 Å². The van der Waals surface area contributed by atoms with E-state index in [0.717, 1.165) is 11.1 Å². The Hall–Kier alpha value is -2.60. The van der Waals surface area contributed by atoms with E-state index in [2.05, 4.69) is 105 Å². The van der Waals surface area contributed by atoms with E-state index in [0.29, 0.717) is 0 Å². The van der Waals surface area contributed by atoms with Gasteiger partial charge in [-0.15, -0.1) is 0 Å². The SMILES string of the molecule is CON1C(C)(C)c2ccc(C#Cc3cccc4ccccc34)cc2C1(C)C. The minimum absolute atomic E-state index is 0.171.